The number of nitrogens with one attached hydrogen (secondary N) is 1. The first-order valence-corrected chi connectivity index (χ1v) is 11.0. The summed E-state index contributed by atoms with van der Waals surface area (Å²) < 4.78 is 0.735. The molecule has 1 aliphatic rings. The Balaban J connectivity index is 1.77. The summed E-state index contributed by atoms with van der Waals surface area (Å²) in [6, 6.07) is 0.235. The molecular formula is C18H30N4O3S2. The standard InChI is InChI=1S/C18H30N4O3S2/c1-18(2,12-21(3)4)11-19-9-13-5-6-15(23)22(13)7-8-26-17-20-14(10-27-17)16(24)25/h10,13,19H,5-9,11-12H2,1-4H3,(H,24,25). The van der Waals surface area contributed by atoms with Gasteiger partial charge in [0.25, 0.3) is 0 Å². The Labute approximate surface area is 169 Å². The Morgan fingerprint density at radius 3 is 2.89 bits per heavy atom. The lowest BCUT2D eigenvalue weighted by molar-refractivity contribution is -0.128. The van der Waals surface area contributed by atoms with Crippen molar-refractivity contribution in [1.29, 1.82) is 0 Å². The van der Waals surface area contributed by atoms with Crippen LogP contribution < -0.4 is 5.32 Å². The molecule has 0 aromatic carbocycles. The van der Waals surface area contributed by atoms with Crippen LogP contribution >= 0.6 is 23.1 Å². The minimum Gasteiger partial charge on any atom is -0.476 e. The highest BCUT2D eigenvalue weighted by Crippen LogP contribution is 2.25. The molecule has 152 valence electrons. The molecule has 1 amide bonds. The third kappa shape index (κ3) is 7.06. The van der Waals surface area contributed by atoms with E-state index in [0.717, 1.165) is 36.1 Å². The number of nitrogens with zero attached hydrogens (tertiary/aromatic N) is 3. The monoisotopic (exact) mass is 414 g/mol. The summed E-state index contributed by atoms with van der Waals surface area (Å²) >= 11 is 2.84. The molecule has 1 atom stereocenters. The van der Waals surface area contributed by atoms with E-state index in [1.807, 2.05) is 4.90 Å². The average Bonchev–Trinajstić information content (AvgIpc) is 3.15. The zero-order chi connectivity index (χ0) is 20.0. The molecule has 1 saturated heterocycles. The van der Waals surface area contributed by atoms with E-state index in [4.69, 9.17) is 5.11 Å². The maximum absolute atomic E-state index is 12.2. The Kier molecular flexibility index (Phi) is 8.08. The number of aromatic nitrogens is 1. The van der Waals surface area contributed by atoms with Gasteiger partial charge in [-0.25, -0.2) is 9.78 Å². The van der Waals surface area contributed by atoms with E-state index in [9.17, 15) is 9.59 Å². The number of carbonyl (C=O) groups excluding carboxylic acids is 1. The number of likely N-dealkylation sites (tertiary alicyclic amines) is 1. The van der Waals surface area contributed by atoms with Crippen molar-refractivity contribution in [1.82, 2.24) is 20.1 Å². The van der Waals surface area contributed by atoms with Gasteiger partial charge in [0.15, 0.2) is 10.0 Å². The molecule has 1 aliphatic heterocycles. The summed E-state index contributed by atoms with van der Waals surface area (Å²) in [5, 5.41) is 14.0. The van der Waals surface area contributed by atoms with Gasteiger partial charge in [0.05, 0.1) is 0 Å². The highest BCUT2D eigenvalue weighted by Gasteiger charge is 2.30. The highest BCUT2D eigenvalue weighted by molar-refractivity contribution is 8.01. The topological polar surface area (TPSA) is 85.8 Å². The van der Waals surface area contributed by atoms with Crippen LogP contribution in [0.1, 0.15) is 37.2 Å². The zero-order valence-electron chi connectivity index (χ0n) is 16.5. The zero-order valence-corrected chi connectivity index (χ0v) is 18.2. The Hall–Kier alpha value is -1.16. The second kappa shape index (κ2) is 9.86. The molecule has 0 saturated carbocycles. The summed E-state index contributed by atoms with van der Waals surface area (Å²) in [7, 11) is 4.16. The molecule has 1 fully saturated rings. The summed E-state index contributed by atoms with van der Waals surface area (Å²) in [5.41, 5.74) is 0.265. The number of rotatable bonds is 11. The molecule has 0 aliphatic carbocycles. The largest absolute Gasteiger partial charge is 0.476 e. The second-order valence-corrected chi connectivity index (χ2v) is 10.2. The Morgan fingerprint density at radius 1 is 1.52 bits per heavy atom. The van der Waals surface area contributed by atoms with Crippen LogP contribution in [0.4, 0.5) is 0 Å². The van der Waals surface area contributed by atoms with Crippen LogP contribution in [0.15, 0.2) is 9.72 Å². The van der Waals surface area contributed by atoms with E-state index in [-0.39, 0.29) is 23.1 Å². The predicted molar refractivity (Wildman–Crippen MR) is 110 cm³/mol. The summed E-state index contributed by atoms with van der Waals surface area (Å²) in [4.78, 5) is 31.3. The molecule has 9 heteroatoms. The number of carbonyl (C=O) groups is 2. The van der Waals surface area contributed by atoms with Gasteiger partial charge < -0.3 is 20.2 Å². The van der Waals surface area contributed by atoms with Crippen molar-refractivity contribution < 1.29 is 14.7 Å². The van der Waals surface area contributed by atoms with Gasteiger partial charge in [-0.15, -0.1) is 11.3 Å². The number of hydrogen-bond donors (Lipinski definition) is 2. The number of carboxylic acid groups (broad SMARTS) is 1. The SMILES string of the molecule is CN(C)CC(C)(C)CNCC1CCC(=O)N1CCSc1nc(C(=O)O)cs1. The number of thiazole rings is 1. The molecule has 2 N–H and O–H groups in total. The maximum atomic E-state index is 12.2. The molecule has 0 spiro atoms. The maximum Gasteiger partial charge on any atom is 0.355 e. The summed E-state index contributed by atoms with van der Waals surface area (Å²) in [6.07, 6.45) is 1.50. The van der Waals surface area contributed by atoms with Crippen LogP contribution in [0.2, 0.25) is 0 Å². The van der Waals surface area contributed by atoms with Crippen LogP contribution in [0.3, 0.4) is 0 Å². The minimum absolute atomic E-state index is 0.0853. The molecule has 27 heavy (non-hydrogen) atoms. The van der Waals surface area contributed by atoms with E-state index in [1.165, 1.54) is 23.1 Å². The summed E-state index contributed by atoms with van der Waals surface area (Å²) in [6.45, 7) is 7.89. The van der Waals surface area contributed by atoms with Crippen LogP contribution in [0, 0.1) is 5.41 Å². The third-order valence-electron chi connectivity index (χ3n) is 4.44. The molecule has 1 unspecified atom stereocenters. The number of hydrogen-bond acceptors (Lipinski definition) is 7. The number of carboxylic acids is 1. The smallest absolute Gasteiger partial charge is 0.355 e. The van der Waals surface area contributed by atoms with Crippen molar-refractivity contribution in [2.75, 3.05) is 46.0 Å². The molecule has 1 aromatic rings. The normalized spacial score (nSPS) is 17.9. The van der Waals surface area contributed by atoms with Gasteiger partial charge in [0.2, 0.25) is 5.91 Å². The third-order valence-corrected chi connectivity index (χ3v) is 6.44. The molecule has 0 bridgehead atoms. The first-order valence-electron chi connectivity index (χ1n) is 9.14. The lowest BCUT2D eigenvalue weighted by atomic mass is 9.93. The fourth-order valence-electron chi connectivity index (χ4n) is 3.45. The molecular weight excluding hydrogens is 384 g/mol. The highest BCUT2D eigenvalue weighted by atomic mass is 32.2. The summed E-state index contributed by atoms with van der Waals surface area (Å²) in [5.74, 6) is -0.0718. The predicted octanol–water partition coefficient (Wildman–Crippen LogP) is 2.10. The number of amides is 1. The van der Waals surface area contributed by atoms with Crippen molar-refractivity contribution in [3.05, 3.63) is 11.1 Å². The molecule has 7 nitrogen and oxygen atoms in total. The minimum atomic E-state index is -1.00. The second-order valence-electron chi connectivity index (χ2n) is 7.96. The van der Waals surface area contributed by atoms with E-state index in [1.54, 1.807) is 5.38 Å². The first kappa shape index (κ1) is 22.1. The van der Waals surface area contributed by atoms with Crippen molar-refractivity contribution >= 4 is 35.0 Å². The van der Waals surface area contributed by atoms with Crippen LogP contribution in [-0.4, -0.2) is 83.8 Å². The van der Waals surface area contributed by atoms with Crippen molar-refractivity contribution in [2.45, 2.75) is 37.1 Å². The van der Waals surface area contributed by atoms with Crippen LogP contribution in [0.25, 0.3) is 0 Å². The van der Waals surface area contributed by atoms with Crippen molar-refractivity contribution in [3.63, 3.8) is 0 Å². The fraction of sp³-hybridized carbons (Fsp3) is 0.722. The van der Waals surface area contributed by atoms with E-state index >= 15 is 0 Å². The van der Waals surface area contributed by atoms with Crippen LogP contribution in [0.5, 0.6) is 0 Å². The van der Waals surface area contributed by atoms with Crippen LogP contribution in [-0.2, 0) is 4.79 Å². The van der Waals surface area contributed by atoms with E-state index in [0.29, 0.717) is 13.0 Å². The van der Waals surface area contributed by atoms with E-state index in [2.05, 4.69) is 43.1 Å². The van der Waals surface area contributed by atoms with Crippen molar-refractivity contribution in [3.8, 4) is 0 Å². The molecule has 1 aromatic heterocycles. The van der Waals surface area contributed by atoms with Gasteiger partial charge in [0.1, 0.15) is 0 Å². The first-order chi connectivity index (χ1) is 12.7. The number of aromatic carboxylic acids is 1. The van der Waals surface area contributed by atoms with Gasteiger partial charge in [-0.05, 0) is 25.9 Å². The molecule has 2 heterocycles. The average molecular weight is 415 g/mol. The lowest BCUT2D eigenvalue weighted by Gasteiger charge is -2.30. The molecule has 0 radical (unpaired) electrons. The lowest BCUT2D eigenvalue weighted by Crippen LogP contribution is -2.44. The van der Waals surface area contributed by atoms with Gasteiger partial charge in [-0.3, -0.25) is 4.79 Å². The fourth-order valence-corrected chi connectivity index (χ4v) is 5.26. The Morgan fingerprint density at radius 2 is 2.26 bits per heavy atom. The number of thioether (sulfide) groups is 1. The van der Waals surface area contributed by atoms with Gasteiger partial charge in [-0.1, -0.05) is 25.6 Å². The molecule has 2 rings (SSSR count). The van der Waals surface area contributed by atoms with Gasteiger partial charge in [0, 0.05) is 49.8 Å². The van der Waals surface area contributed by atoms with E-state index < -0.39 is 5.97 Å². The van der Waals surface area contributed by atoms with Gasteiger partial charge in [-0.2, -0.15) is 0 Å². The van der Waals surface area contributed by atoms with Gasteiger partial charge >= 0.3 is 5.97 Å². The quantitative estimate of drug-likeness (QED) is 0.536. The Bertz CT molecular complexity index is 648. The van der Waals surface area contributed by atoms with Crippen molar-refractivity contribution in [2.24, 2.45) is 5.41 Å².